The Morgan fingerprint density at radius 2 is 1.78 bits per heavy atom. The summed E-state index contributed by atoms with van der Waals surface area (Å²) in [6.45, 7) is 1.75. The number of carbonyl (C=O) groups excluding carboxylic acids is 1. The van der Waals surface area contributed by atoms with Crippen LogP contribution >= 0.6 is 23.2 Å². The van der Waals surface area contributed by atoms with Gasteiger partial charge in [-0.25, -0.2) is 18.2 Å². The lowest BCUT2D eigenvalue weighted by molar-refractivity contribution is 0.0980. The van der Waals surface area contributed by atoms with Crippen molar-refractivity contribution < 1.29 is 18.0 Å². The largest absolute Gasteiger partial charge is 0.295 e. The molecular weight excluding hydrogens is 404 g/mol. The standard InChI is InChI=1S/C18H11Cl2F3N2O2/c1-2-3-14(26)10-7-25(15-12(22)4-8(21)5-13(15)23)18-9(16(10)27)6-11(19)17(20)24-18/h4-7H,2-3H2,1H3. The molecule has 3 rings (SSSR count). The quantitative estimate of drug-likeness (QED) is 0.441. The highest BCUT2D eigenvalue weighted by atomic mass is 35.5. The third-order valence-corrected chi connectivity index (χ3v) is 4.56. The van der Waals surface area contributed by atoms with Gasteiger partial charge >= 0.3 is 0 Å². The van der Waals surface area contributed by atoms with E-state index in [0.29, 0.717) is 18.6 Å². The van der Waals surface area contributed by atoms with Crippen LogP contribution in [0.15, 0.2) is 29.2 Å². The van der Waals surface area contributed by atoms with Crippen molar-refractivity contribution in [2.45, 2.75) is 19.8 Å². The van der Waals surface area contributed by atoms with E-state index in [1.807, 2.05) is 0 Å². The van der Waals surface area contributed by atoms with Crippen molar-refractivity contribution in [3.05, 3.63) is 67.8 Å². The molecule has 0 atom stereocenters. The summed E-state index contributed by atoms with van der Waals surface area (Å²) in [6.07, 6.45) is 1.51. The molecule has 0 bridgehead atoms. The molecular formula is C18H11Cl2F3N2O2. The normalized spacial score (nSPS) is 11.2. The van der Waals surface area contributed by atoms with Gasteiger partial charge in [-0.05, 0) is 12.5 Å². The van der Waals surface area contributed by atoms with Gasteiger partial charge in [0, 0.05) is 24.8 Å². The lowest BCUT2D eigenvalue weighted by Gasteiger charge is -2.14. The minimum atomic E-state index is -1.24. The Kier molecular flexibility index (Phi) is 5.26. The molecule has 9 heteroatoms. The number of hydrogen-bond acceptors (Lipinski definition) is 3. The summed E-state index contributed by atoms with van der Waals surface area (Å²) in [5, 5.41) is -0.407. The SMILES string of the molecule is CCCC(=O)c1cn(-c2c(F)cc(F)cc2F)c2nc(Cl)c(Cl)cc2c1=O. The summed E-state index contributed by atoms with van der Waals surface area (Å²) >= 11 is 11.8. The fourth-order valence-corrected chi connectivity index (χ4v) is 2.98. The Balaban J connectivity index is 2.48. The Morgan fingerprint density at radius 1 is 1.15 bits per heavy atom. The summed E-state index contributed by atoms with van der Waals surface area (Å²) < 4.78 is 42.8. The second-order valence-electron chi connectivity index (χ2n) is 5.77. The van der Waals surface area contributed by atoms with Crippen LogP contribution in [-0.4, -0.2) is 15.3 Å². The maximum Gasteiger partial charge on any atom is 0.201 e. The number of carbonyl (C=O) groups is 1. The number of fused-ring (bicyclic) bond motifs is 1. The topological polar surface area (TPSA) is 52.0 Å². The molecule has 0 aliphatic rings. The lowest BCUT2D eigenvalue weighted by atomic mass is 10.1. The average molecular weight is 415 g/mol. The maximum absolute atomic E-state index is 14.3. The van der Waals surface area contributed by atoms with E-state index in [4.69, 9.17) is 23.2 Å². The molecule has 140 valence electrons. The molecule has 1 aromatic carbocycles. The third kappa shape index (κ3) is 3.44. The van der Waals surface area contributed by atoms with Gasteiger partial charge in [-0.3, -0.25) is 14.2 Å². The van der Waals surface area contributed by atoms with Gasteiger partial charge in [0.05, 0.1) is 16.0 Å². The van der Waals surface area contributed by atoms with Crippen LogP contribution in [0.3, 0.4) is 0 Å². The van der Waals surface area contributed by atoms with Crippen LogP contribution in [0.25, 0.3) is 16.7 Å². The fraction of sp³-hybridized carbons (Fsp3) is 0.167. The average Bonchev–Trinajstić information content (AvgIpc) is 2.58. The molecule has 0 fully saturated rings. The summed E-state index contributed by atoms with van der Waals surface area (Å²) in [6, 6.07) is 2.13. The monoisotopic (exact) mass is 414 g/mol. The Labute approximate surface area is 161 Å². The Bertz CT molecular complexity index is 1120. The Morgan fingerprint density at radius 3 is 2.37 bits per heavy atom. The van der Waals surface area contributed by atoms with E-state index in [1.165, 1.54) is 6.07 Å². The van der Waals surface area contributed by atoms with Gasteiger partial charge in [0.15, 0.2) is 17.4 Å². The molecule has 0 aliphatic heterocycles. The van der Waals surface area contributed by atoms with Crippen molar-refractivity contribution in [2.75, 3.05) is 0 Å². The number of Topliss-reactive ketones (excluding diaryl/α,β-unsaturated/α-hetero) is 1. The highest BCUT2D eigenvalue weighted by Crippen LogP contribution is 2.27. The van der Waals surface area contributed by atoms with Gasteiger partial charge in [-0.15, -0.1) is 0 Å². The second kappa shape index (κ2) is 7.32. The van der Waals surface area contributed by atoms with Crippen molar-refractivity contribution in [2.24, 2.45) is 0 Å². The van der Waals surface area contributed by atoms with E-state index >= 15 is 0 Å². The van der Waals surface area contributed by atoms with Crippen molar-refractivity contribution >= 4 is 40.0 Å². The highest BCUT2D eigenvalue weighted by molar-refractivity contribution is 6.41. The smallest absolute Gasteiger partial charge is 0.201 e. The first-order valence-electron chi connectivity index (χ1n) is 7.84. The molecule has 2 aromatic heterocycles. The van der Waals surface area contributed by atoms with Crippen molar-refractivity contribution in [3.63, 3.8) is 0 Å². The molecule has 0 amide bonds. The summed E-state index contributed by atoms with van der Waals surface area (Å²) in [5.41, 5.74) is -1.88. The van der Waals surface area contributed by atoms with E-state index < -0.39 is 34.4 Å². The zero-order valence-corrected chi connectivity index (χ0v) is 15.3. The van der Waals surface area contributed by atoms with Crippen LogP contribution < -0.4 is 5.43 Å². The van der Waals surface area contributed by atoms with Crippen molar-refractivity contribution in [1.29, 1.82) is 0 Å². The zero-order chi connectivity index (χ0) is 19.9. The van der Waals surface area contributed by atoms with Crippen molar-refractivity contribution in [3.8, 4) is 5.69 Å². The molecule has 0 spiro atoms. The molecule has 3 aromatic rings. The number of rotatable bonds is 4. The van der Waals surface area contributed by atoms with Gasteiger partial charge in [0.25, 0.3) is 0 Å². The second-order valence-corrected chi connectivity index (χ2v) is 6.53. The van der Waals surface area contributed by atoms with Crippen molar-refractivity contribution in [1.82, 2.24) is 9.55 Å². The van der Waals surface area contributed by atoms with Gasteiger partial charge in [0.2, 0.25) is 5.43 Å². The number of nitrogens with zero attached hydrogens (tertiary/aromatic N) is 2. The number of pyridine rings is 2. The van der Waals surface area contributed by atoms with Gasteiger partial charge < -0.3 is 0 Å². The van der Waals surface area contributed by atoms with E-state index in [2.05, 4.69) is 4.98 Å². The Hall–Kier alpha value is -2.38. The van der Waals surface area contributed by atoms with Crippen LogP contribution in [0.2, 0.25) is 10.2 Å². The molecule has 0 N–H and O–H groups in total. The maximum atomic E-state index is 14.3. The van der Waals surface area contributed by atoms with E-state index in [1.54, 1.807) is 6.92 Å². The minimum Gasteiger partial charge on any atom is -0.295 e. The molecule has 2 heterocycles. The van der Waals surface area contributed by atoms with Crippen LogP contribution in [-0.2, 0) is 0 Å². The van der Waals surface area contributed by atoms with Gasteiger partial charge in [-0.1, -0.05) is 30.1 Å². The highest BCUT2D eigenvalue weighted by Gasteiger charge is 2.22. The number of aromatic nitrogens is 2. The molecule has 4 nitrogen and oxygen atoms in total. The molecule has 0 radical (unpaired) electrons. The number of ketones is 1. The lowest BCUT2D eigenvalue weighted by Crippen LogP contribution is -2.20. The first-order valence-corrected chi connectivity index (χ1v) is 8.59. The number of halogens is 5. The molecule has 0 saturated heterocycles. The fourth-order valence-electron chi connectivity index (χ4n) is 2.70. The minimum absolute atomic E-state index is 0.0594. The van der Waals surface area contributed by atoms with Gasteiger partial charge in [-0.2, -0.15) is 0 Å². The van der Waals surface area contributed by atoms with E-state index in [9.17, 15) is 22.8 Å². The molecule has 27 heavy (non-hydrogen) atoms. The first kappa shape index (κ1) is 19.4. The predicted octanol–water partition coefficient (Wildman–Crippen LogP) is 5.09. The van der Waals surface area contributed by atoms with E-state index in [0.717, 1.165) is 10.8 Å². The molecule has 0 unspecified atom stereocenters. The summed E-state index contributed by atoms with van der Waals surface area (Å²) in [4.78, 5) is 28.9. The van der Waals surface area contributed by atoms with Crippen LogP contribution in [0.5, 0.6) is 0 Å². The predicted molar refractivity (Wildman–Crippen MR) is 96.5 cm³/mol. The zero-order valence-electron chi connectivity index (χ0n) is 13.8. The van der Waals surface area contributed by atoms with Crippen LogP contribution in [0.1, 0.15) is 30.1 Å². The third-order valence-electron chi connectivity index (χ3n) is 3.89. The molecule has 0 aliphatic carbocycles. The molecule has 0 saturated carbocycles. The van der Waals surface area contributed by atoms with E-state index in [-0.39, 0.29) is 33.2 Å². The van der Waals surface area contributed by atoms with Gasteiger partial charge in [0.1, 0.15) is 22.3 Å². The summed E-state index contributed by atoms with van der Waals surface area (Å²) in [7, 11) is 0. The van der Waals surface area contributed by atoms with Crippen LogP contribution in [0.4, 0.5) is 13.2 Å². The first-order chi connectivity index (χ1) is 12.7. The number of hydrogen-bond donors (Lipinski definition) is 0. The number of benzene rings is 1. The summed E-state index contributed by atoms with van der Waals surface area (Å²) in [5.74, 6) is -4.10. The van der Waals surface area contributed by atoms with Crippen LogP contribution in [0, 0.1) is 17.5 Å².